The molecule has 0 amide bonds. The van der Waals surface area contributed by atoms with E-state index >= 15 is 0 Å². The summed E-state index contributed by atoms with van der Waals surface area (Å²) in [5.74, 6) is 0.306. The molecule has 1 aromatic heterocycles. The van der Waals surface area contributed by atoms with Crippen molar-refractivity contribution in [3.8, 4) is 0 Å². The van der Waals surface area contributed by atoms with Crippen LogP contribution in [0, 0.1) is 12.8 Å². The van der Waals surface area contributed by atoms with Gasteiger partial charge in [0, 0.05) is 22.8 Å². The van der Waals surface area contributed by atoms with Crippen LogP contribution in [0.25, 0.3) is 0 Å². The first-order chi connectivity index (χ1) is 8.36. The van der Waals surface area contributed by atoms with Crippen LogP contribution < -0.4 is 10.0 Å². The molecule has 0 aliphatic heterocycles. The highest BCUT2D eigenvalue weighted by atomic mass is 32.2. The van der Waals surface area contributed by atoms with Gasteiger partial charge in [0.15, 0.2) is 0 Å². The number of aryl methyl sites for hydroxylation is 1. The molecule has 0 aromatic carbocycles. The number of hydrogen-bond donors (Lipinski definition) is 2. The van der Waals surface area contributed by atoms with Crippen molar-refractivity contribution >= 4 is 21.4 Å². The van der Waals surface area contributed by atoms with Crippen molar-refractivity contribution < 1.29 is 8.42 Å². The number of nitrogens with one attached hydrogen (secondary N) is 2. The maximum absolute atomic E-state index is 12.1. The Bertz CT molecular complexity index is 478. The van der Waals surface area contributed by atoms with Gasteiger partial charge in [0.25, 0.3) is 0 Å². The third-order valence-corrected chi connectivity index (χ3v) is 5.17. The Kier molecular flexibility index (Phi) is 5.78. The van der Waals surface area contributed by atoms with Gasteiger partial charge in [-0.1, -0.05) is 20.8 Å². The van der Waals surface area contributed by atoms with Gasteiger partial charge in [-0.05, 0) is 25.5 Å². The first-order valence-corrected chi connectivity index (χ1v) is 8.46. The molecular weight excluding hydrogens is 268 g/mol. The first kappa shape index (κ1) is 15.6. The molecule has 18 heavy (non-hydrogen) atoms. The van der Waals surface area contributed by atoms with E-state index < -0.39 is 10.0 Å². The summed E-state index contributed by atoms with van der Waals surface area (Å²) in [5, 5.41) is 3.20. The van der Waals surface area contributed by atoms with Crippen LogP contribution >= 0.6 is 11.3 Å². The number of hydrogen-bond acceptors (Lipinski definition) is 4. The smallest absolute Gasteiger partial charge is 0.241 e. The molecule has 0 spiro atoms. The van der Waals surface area contributed by atoms with Crippen LogP contribution in [0.2, 0.25) is 0 Å². The second-order valence-electron chi connectivity index (χ2n) is 4.66. The van der Waals surface area contributed by atoms with Crippen LogP contribution in [0.4, 0.5) is 0 Å². The van der Waals surface area contributed by atoms with Crippen molar-refractivity contribution in [2.24, 2.45) is 5.92 Å². The monoisotopic (exact) mass is 290 g/mol. The number of rotatable bonds is 7. The molecule has 0 fully saturated rings. The van der Waals surface area contributed by atoms with E-state index in [1.807, 2.05) is 27.7 Å². The predicted molar refractivity (Wildman–Crippen MR) is 76.5 cm³/mol. The lowest BCUT2D eigenvalue weighted by molar-refractivity contribution is 0.560. The Morgan fingerprint density at radius 3 is 2.61 bits per heavy atom. The molecule has 1 aromatic rings. The molecule has 2 N–H and O–H groups in total. The Morgan fingerprint density at radius 2 is 2.06 bits per heavy atom. The molecule has 0 aliphatic rings. The van der Waals surface area contributed by atoms with E-state index in [2.05, 4.69) is 10.0 Å². The molecule has 1 rings (SSSR count). The summed E-state index contributed by atoms with van der Waals surface area (Å²) < 4.78 is 26.9. The lowest BCUT2D eigenvalue weighted by Gasteiger charge is -2.08. The summed E-state index contributed by atoms with van der Waals surface area (Å²) >= 11 is 1.53. The summed E-state index contributed by atoms with van der Waals surface area (Å²) in [7, 11) is -3.36. The fraction of sp³-hybridized carbons (Fsp3) is 0.667. The Hall–Kier alpha value is -0.430. The highest BCUT2D eigenvalue weighted by Gasteiger charge is 2.19. The molecule has 6 heteroatoms. The van der Waals surface area contributed by atoms with E-state index in [0.717, 1.165) is 22.8 Å². The summed E-state index contributed by atoms with van der Waals surface area (Å²) in [5.41, 5.74) is 0. The van der Waals surface area contributed by atoms with Crippen LogP contribution in [0.15, 0.2) is 11.0 Å². The molecule has 0 saturated carbocycles. The van der Waals surface area contributed by atoms with Crippen LogP contribution in [-0.4, -0.2) is 21.5 Å². The van der Waals surface area contributed by atoms with Gasteiger partial charge in [0.1, 0.15) is 0 Å². The van der Waals surface area contributed by atoms with Gasteiger partial charge in [-0.3, -0.25) is 0 Å². The summed E-state index contributed by atoms with van der Waals surface area (Å²) in [4.78, 5) is 2.32. The van der Waals surface area contributed by atoms with E-state index in [1.54, 1.807) is 6.07 Å². The lowest BCUT2D eigenvalue weighted by Crippen LogP contribution is -2.27. The number of thiophene rings is 1. The molecule has 0 bridgehead atoms. The minimum absolute atomic E-state index is 0.306. The maximum Gasteiger partial charge on any atom is 0.241 e. The van der Waals surface area contributed by atoms with Gasteiger partial charge in [-0.15, -0.1) is 11.3 Å². The molecule has 0 saturated heterocycles. The quantitative estimate of drug-likeness (QED) is 0.808. The van der Waals surface area contributed by atoms with E-state index in [9.17, 15) is 8.42 Å². The van der Waals surface area contributed by atoms with Crippen LogP contribution in [0.3, 0.4) is 0 Å². The van der Waals surface area contributed by atoms with Crippen molar-refractivity contribution in [3.05, 3.63) is 15.8 Å². The number of sulfonamides is 1. The molecule has 0 unspecified atom stereocenters. The fourth-order valence-electron chi connectivity index (χ4n) is 1.48. The minimum atomic E-state index is -3.36. The van der Waals surface area contributed by atoms with Gasteiger partial charge in [0.2, 0.25) is 10.0 Å². The molecular formula is C12H22N2O2S2. The zero-order valence-electron chi connectivity index (χ0n) is 11.4. The first-order valence-electron chi connectivity index (χ1n) is 6.16. The average molecular weight is 290 g/mol. The van der Waals surface area contributed by atoms with Gasteiger partial charge in [-0.2, -0.15) is 0 Å². The van der Waals surface area contributed by atoms with Crippen LogP contribution in [-0.2, 0) is 16.6 Å². The van der Waals surface area contributed by atoms with Crippen molar-refractivity contribution in [3.63, 3.8) is 0 Å². The molecule has 0 aliphatic carbocycles. The van der Waals surface area contributed by atoms with Crippen molar-refractivity contribution in [2.45, 2.75) is 39.1 Å². The largest absolute Gasteiger partial charge is 0.312 e. The molecule has 104 valence electrons. The normalized spacial score (nSPS) is 12.3. The zero-order chi connectivity index (χ0) is 13.8. The third-order valence-electron chi connectivity index (χ3n) is 2.44. The average Bonchev–Trinajstić information content (AvgIpc) is 2.66. The Labute approximate surface area is 114 Å². The highest BCUT2D eigenvalue weighted by molar-refractivity contribution is 7.89. The van der Waals surface area contributed by atoms with E-state index in [-0.39, 0.29) is 0 Å². The molecule has 0 atom stereocenters. The molecule has 1 heterocycles. The summed E-state index contributed by atoms with van der Waals surface area (Å²) in [6.07, 6.45) is 0. The summed E-state index contributed by atoms with van der Waals surface area (Å²) in [6, 6.07) is 1.77. The van der Waals surface area contributed by atoms with Crippen molar-refractivity contribution in [2.75, 3.05) is 13.1 Å². The fourth-order valence-corrected chi connectivity index (χ4v) is 4.30. The van der Waals surface area contributed by atoms with E-state index in [0.29, 0.717) is 17.4 Å². The summed E-state index contributed by atoms with van der Waals surface area (Å²) in [6.45, 7) is 9.93. The lowest BCUT2D eigenvalue weighted by atomic mass is 10.2. The van der Waals surface area contributed by atoms with E-state index in [4.69, 9.17) is 0 Å². The molecule has 0 radical (unpaired) electrons. The SMILES string of the molecule is CCNCc1cc(S(=O)(=O)NCC(C)C)c(C)s1. The van der Waals surface area contributed by atoms with Gasteiger partial charge < -0.3 is 5.32 Å². The van der Waals surface area contributed by atoms with Gasteiger partial charge >= 0.3 is 0 Å². The third kappa shape index (κ3) is 4.35. The highest BCUT2D eigenvalue weighted by Crippen LogP contribution is 2.25. The van der Waals surface area contributed by atoms with Crippen LogP contribution in [0.5, 0.6) is 0 Å². The molecule has 4 nitrogen and oxygen atoms in total. The Balaban J connectivity index is 2.84. The predicted octanol–water partition coefficient (Wildman–Crippen LogP) is 2.10. The zero-order valence-corrected chi connectivity index (χ0v) is 13.0. The Morgan fingerprint density at radius 1 is 1.39 bits per heavy atom. The topological polar surface area (TPSA) is 58.2 Å². The second kappa shape index (κ2) is 6.65. The van der Waals surface area contributed by atoms with Crippen molar-refractivity contribution in [1.82, 2.24) is 10.0 Å². The second-order valence-corrected chi connectivity index (χ2v) is 7.74. The van der Waals surface area contributed by atoms with Gasteiger partial charge in [0.05, 0.1) is 4.90 Å². The van der Waals surface area contributed by atoms with Gasteiger partial charge in [-0.25, -0.2) is 13.1 Å². The minimum Gasteiger partial charge on any atom is -0.312 e. The van der Waals surface area contributed by atoms with E-state index in [1.165, 1.54) is 11.3 Å². The maximum atomic E-state index is 12.1. The van der Waals surface area contributed by atoms with Crippen molar-refractivity contribution in [1.29, 1.82) is 0 Å². The standard InChI is InChI=1S/C12H22N2O2S2/c1-5-13-8-11-6-12(10(4)17-11)18(15,16)14-7-9(2)3/h6,9,13-14H,5,7-8H2,1-4H3. The van der Waals surface area contributed by atoms with Crippen LogP contribution in [0.1, 0.15) is 30.5 Å².